The zero-order chi connectivity index (χ0) is 14.6. The highest BCUT2D eigenvalue weighted by molar-refractivity contribution is 14.0. The molecule has 21 heavy (non-hydrogen) atoms. The Bertz CT molecular complexity index is 268. The number of rotatable bonds is 8. The molecule has 0 spiro atoms. The van der Waals surface area contributed by atoms with Crippen LogP contribution in [0.15, 0.2) is 4.99 Å². The van der Waals surface area contributed by atoms with Gasteiger partial charge in [0.05, 0.1) is 6.61 Å². The zero-order valence-corrected chi connectivity index (χ0v) is 16.2. The third kappa shape index (κ3) is 9.52. The number of hydrogen-bond acceptors (Lipinski definition) is 3. The lowest BCUT2D eigenvalue weighted by Crippen LogP contribution is -2.40. The van der Waals surface area contributed by atoms with Crippen molar-refractivity contribution >= 4 is 29.9 Å². The van der Waals surface area contributed by atoms with Crippen molar-refractivity contribution in [2.45, 2.75) is 33.1 Å². The standard InChI is InChI=1S/C15H32N4O.HI/c1-4-9-19-10-6-14(7-11-19)13-18-15(16-5-2)17-8-12-20-3;/h14H,4-13H2,1-3H3,(H2,16,17,18);1H. The molecule has 0 bridgehead atoms. The van der Waals surface area contributed by atoms with Crippen LogP contribution in [0.5, 0.6) is 0 Å². The van der Waals surface area contributed by atoms with Gasteiger partial charge in [-0.05, 0) is 51.7 Å². The van der Waals surface area contributed by atoms with Crippen LogP contribution in [-0.2, 0) is 4.74 Å². The van der Waals surface area contributed by atoms with E-state index in [0.29, 0.717) is 6.61 Å². The number of halogens is 1. The van der Waals surface area contributed by atoms with Gasteiger partial charge in [-0.3, -0.25) is 4.99 Å². The Labute approximate surface area is 147 Å². The van der Waals surface area contributed by atoms with Crippen molar-refractivity contribution in [2.75, 3.05) is 53.0 Å². The highest BCUT2D eigenvalue weighted by Gasteiger charge is 2.18. The van der Waals surface area contributed by atoms with E-state index < -0.39 is 0 Å². The van der Waals surface area contributed by atoms with Crippen LogP contribution in [-0.4, -0.2) is 63.8 Å². The second-order valence-corrected chi connectivity index (χ2v) is 5.42. The molecule has 0 radical (unpaired) electrons. The zero-order valence-electron chi connectivity index (χ0n) is 13.9. The molecule has 0 aliphatic carbocycles. The molecule has 126 valence electrons. The average molecular weight is 412 g/mol. The lowest BCUT2D eigenvalue weighted by atomic mass is 9.97. The molecule has 0 unspecified atom stereocenters. The summed E-state index contributed by atoms with van der Waals surface area (Å²) in [6.45, 7) is 11.4. The van der Waals surface area contributed by atoms with Gasteiger partial charge in [0, 0.05) is 26.7 Å². The summed E-state index contributed by atoms with van der Waals surface area (Å²) in [6, 6.07) is 0. The molecular formula is C15H33IN4O. The molecule has 0 aromatic rings. The minimum absolute atomic E-state index is 0. The minimum Gasteiger partial charge on any atom is -0.383 e. The Morgan fingerprint density at radius 2 is 1.95 bits per heavy atom. The smallest absolute Gasteiger partial charge is 0.191 e. The van der Waals surface area contributed by atoms with Crippen molar-refractivity contribution in [2.24, 2.45) is 10.9 Å². The maximum Gasteiger partial charge on any atom is 0.191 e. The number of methoxy groups -OCH3 is 1. The number of nitrogens with zero attached hydrogens (tertiary/aromatic N) is 2. The lowest BCUT2D eigenvalue weighted by Gasteiger charge is -2.31. The second kappa shape index (κ2) is 13.6. The van der Waals surface area contributed by atoms with Gasteiger partial charge in [-0.15, -0.1) is 24.0 Å². The first-order valence-corrected chi connectivity index (χ1v) is 8.03. The Morgan fingerprint density at radius 1 is 1.24 bits per heavy atom. The summed E-state index contributed by atoms with van der Waals surface area (Å²) in [4.78, 5) is 7.27. The summed E-state index contributed by atoms with van der Waals surface area (Å²) in [7, 11) is 1.72. The molecule has 6 heteroatoms. The molecule has 1 fully saturated rings. The van der Waals surface area contributed by atoms with Gasteiger partial charge >= 0.3 is 0 Å². The lowest BCUT2D eigenvalue weighted by molar-refractivity contribution is 0.188. The van der Waals surface area contributed by atoms with Gasteiger partial charge in [0.1, 0.15) is 0 Å². The van der Waals surface area contributed by atoms with Crippen molar-refractivity contribution in [1.82, 2.24) is 15.5 Å². The first-order chi connectivity index (χ1) is 9.80. The van der Waals surface area contributed by atoms with E-state index in [4.69, 9.17) is 9.73 Å². The molecule has 1 aliphatic rings. The quantitative estimate of drug-likeness (QED) is 0.277. The minimum atomic E-state index is 0. The van der Waals surface area contributed by atoms with Crippen LogP contribution < -0.4 is 10.6 Å². The molecule has 1 rings (SSSR count). The van der Waals surface area contributed by atoms with Crippen LogP contribution in [0.4, 0.5) is 0 Å². The molecule has 1 aliphatic heterocycles. The second-order valence-electron chi connectivity index (χ2n) is 5.42. The van der Waals surface area contributed by atoms with Crippen molar-refractivity contribution < 1.29 is 4.74 Å². The van der Waals surface area contributed by atoms with Crippen LogP contribution in [0.3, 0.4) is 0 Å². The van der Waals surface area contributed by atoms with E-state index in [-0.39, 0.29) is 24.0 Å². The number of ether oxygens (including phenoxy) is 1. The molecular weight excluding hydrogens is 379 g/mol. The summed E-state index contributed by atoms with van der Waals surface area (Å²) in [5.74, 6) is 1.65. The SMILES string of the molecule is CCCN1CCC(CN=C(NCC)NCCOC)CC1.I. The highest BCUT2D eigenvalue weighted by atomic mass is 127. The maximum absolute atomic E-state index is 5.05. The first-order valence-electron chi connectivity index (χ1n) is 8.03. The van der Waals surface area contributed by atoms with Gasteiger partial charge in [-0.25, -0.2) is 0 Å². The van der Waals surface area contributed by atoms with Gasteiger partial charge in [-0.1, -0.05) is 6.92 Å². The largest absolute Gasteiger partial charge is 0.383 e. The van der Waals surface area contributed by atoms with Crippen LogP contribution in [0.1, 0.15) is 33.1 Å². The number of aliphatic imine (C=N–C) groups is 1. The van der Waals surface area contributed by atoms with E-state index in [1.165, 1.54) is 38.9 Å². The topological polar surface area (TPSA) is 48.9 Å². The first kappa shape index (κ1) is 20.9. The highest BCUT2D eigenvalue weighted by Crippen LogP contribution is 2.17. The third-order valence-electron chi connectivity index (χ3n) is 3.70. The normalized spacial score (nSPS) is 17.4. The Morgan fingerprint density at radius 3 is 2.52 bits per heavy atom. The van der Waals surface area contributed by atoms with E-state index >= 15 is 0 Å². The Hall–Kier alpha value is -0.0800. The fraction of sp³-hybridized carbons (Fsp3) is 0.933. The van der Waals surface area contributed by atoms with Crippen LogP contribution in [0, 0.1) is 5.92 Å². The van der Waals surface area contributed by atoms with Crippen molar-refractivity contribution in [1.29, 1.82) is 0 Å². The van der Waals surface area contributed by atoms with Crippen molar-refractivity contribution in [3.8, 4) is 0 Å². The Kier molecular flexibility index (Phi) is 13.5. The molecule has 0 aromatic carbocycles. The summed E-state index contributed by atoms with van der Waals surface area (Å²) >= 11 is 0. The molecule has 1 heterocycles. The van der Waals surface area contributed by atoms with E-state index in [2.05, 4.69) is 29.4 Å². The Balaban J connectivity index is 0.00000400. The number of nitrogens with one attached hydrogen (secondary N) is 2. The van der Waals surface area contributed by atoms with Gasteiger partial charge in [0.15, 0.2) is 5.96 Å². The maximum atomic E-state index is 5.05. The molecule has 0 aromatic heterocycles. The van der Waals surface area contributed by atoms with Crippen LogP contribution in [0.25, 0.3) is 0 Å². The number of likely N-dealkylation sites (tertiary alicyclic amines) is 1. The van der Waals surface area contributed by atoms with Crippen molar-refractivity contribution in [3.05, 3.63) is 0 Å². The van der Waals surface area contributed by atoms with Crippen LogP contribution >= 0.6 is 24.0 Å². The number of hydrogen-bond donors (Lipinski definition) is 2. The fourth-order valence-corrected chi connectivity index (χ4v) is 2.54. The molecule has 0 atom stereocenters. The van der Waals surface area contributed by atoms with Gasteiger partial charge in [-0.2, -0.15) is 0 Å². The van der Waals surface area contributed by atoms with Gasteiger partial charge in [0.25, 0.3) is 0 Å². The van der Waals surface area contributed by atoms with Gasteiger partial charge in [0.2, 0.25) is 0 Å². The number of guanidine groups is 1. The summed E-state index contributed by atoms with van der Waals surface area (Å²) in [5.41, 5.74) is 0. The summed E-state index contributed by atoms with van der Waals surface area (Å²) in [5, 5.41) is 6.58. The molecule has 0 saturated carbocycles. The average Bonchev–Trinajstić information content (AvgIpc) is 2.47. The number of piperidine rings is 1. The fourth-order valence-electron chi connectivity index (χ4n) is 2.54. The van der Waals surface area contributed by atoms with E-state index in [1.807, 2.05) is 0 Å². The van der Waals surface area contributed by atoms with E-state index in [1.54, 1.807) is 7.11 Å². The molecule has 0 amide bonds. The molecule has 5 nitrogen and oxygen atoms in total. The van der Waals surface area contributed by atoms with Crippen molar-refractivity contribution in [3.63, 3.8) is 0 Å². The third-order valence-corrected chi connectivity index (χ3v) is 3.70. The molecule has 1 saturated heterocycles. The summed E-state index contributed by atoms with van der Waals surface area (Å²) in [6.07, 6.45) is 3.82. The van der Waals surface area contributed by atoms with Gasteiger partial charge < -0.3 is 20.3 Å². The summed E-state index contributed by atoms with van der Waals surface area (Å²) < 4.78 is 5.05. The molecule has 2 N–H and O–H groups in total. The monoisotopic (exact) mass is 412 g/mol. The van der Waals surface area contributed by atoms with E-state index in [9.17, 15) is 0 Å². The predicted molar refractivity (Wildman–Crippen MR) is 101 cm³/mol. The predicted octanol–water partition coefficient (Wildman–Crippen LogP) is 1.93. The van der Waals surface area contributed by atoms with Crippen LogP contribution in [0.2, 0.25) is 0 Å². The van der Waals surface area contributed by atoms with E-state index in [0.717, 1.165) is 31.5 Å².